The number of piperazine rings is 1. The lowest BCUT2D eigenvalue weighted by molar-refractivity contribution is -0.133. The Hall–Kier alpha value is -2.32. The van der Waals surface area contributed by atoms with E-state index >= 15 is 0 Å². The van der Waals surface area contributed by atoms with Crippen molar-refractivity contribution in [3.63, 3.8) is 0 Å². The van der Waals surface area contributed by atoms with E-state index in [1.165, 1.54) is 4.90 Å². The van der Waals surface area contributed by atoms with Crippen LogP contribution in [0.15, 0.2) is 24.3 Å². The molecule has 3 atom stereocenters. The number of alkyl halides is 1. The van der Waals surface area contributed by atoms with E-state index < -0.39 is 17.6 Å². The normalized spacial score (nSPS) is 26.9. The van der Waals surface area contributed by atoms with Gasteiger partial charge < -0.3 is 15.3 Å². The minimum Gasteiger partial charge on any atom is -0.465 e. The smallest absolute Gasteiger partial charge is 0.407 e. The molecule has 2 fully saturated rings. The largest absolute Gasteiger partial charge is 0.465 e. The maximum Gasteiger partial charge on any atom is 0.407 e. The number of hydrogen-bond acceptors (Lipinski definition) is 5. The number of carbonyl (C=O) groups is 3. The third-order valence-electron chi connectivity index (χ3n) is 4.34. The number of imide groups is 1. The van der Waals surface area contributed by atoms with Crippen LogP contribution in [0, 0.1) is 0 Å². The van der Waals surface area contributed by atoms with Crippen molar-refractivity contribution < 1.29 is 19.5 Å². The van der Waals surface area contributed by atoms with Crippen LogP contribution in [0.2, 0.25) is 0 Å². The minimum absolute atomic E-state index is 0.204. The van der Waals surface area contributed by atoms with Crippen molar-refractivity contribution in [2.24, 2.45) is 0 Å². The molecule has 3 amide bonds. The van der Waals surface area contributed by atoms with Crippen LogP contribution in [-0.4, -0.2) is 52.5 Å². The SMILES string of the molecule is O=C1CCC(Nc2ccccc2C2CN(C(=O)O)CC(Cl)N2)C(=O)N1. The molecule has 0 spiro atoms. The van der Waals surface area contributed by atoms with Crippen LogP contribution in [0.4, 0.5) is 10.5 Å². The van der Waals surface area contributed by atoms with Crippen molar-refractivity contribution in [3.8, 4) is 0 Å². The van der Waals surface area contributed by atoms with Gasteiger partial charge in [-0.1, -0.05) is 18.2 Å². The summed E-state index contributed by atoms with van der Waals surface area (Å²) in [7, 11) is 0. The van der Waals surface area contributed by atoms with E-state index in [2.05, 4.69) is 16.0 Å². The third kappa shape index (κ3) is 4.02. The van der Waals surface area contributed by atoms with Crippen molar-refractivity contribution >= 4 is 35.2 Å². The molecule has 9 heteroatoms. The summed E-state index contributed by atoms with van der Waals surface area (Å²) in [6, 6.07) is 6.54. The lowest BCUT2D eigenvalue weighted by atomic mass is 10.00. The number of piperidine rings is 1. The summed E-state index contributed by atoms with van der Waals surface area (Å²) in [6.45, 7) is 0.461. The molecule has 0 saturated carbocycles. The van der Waals surface area contributed by atoms with Gasteiger partial charge in [0.05, 0.1) is 12.6 Å². The molecule has 134 valence electrons. The quantitative estimate of drug-likeness (QED) is 0.362. The molecule has 2 aliphatic rings. The van der Waals surface area contributed by atoms with E-state index in [-0.39, 0.29) is 37.4 Å². The van der Waals surface area contributed by atoms with Gasteiger partial charge in [0, 0.05) is 18.7 Å². The fraction of sp³-hybridized carbons (Fsp3) is 0.438. The van der Waals surface area contributed by atoms with Gasteiger partial charge in [0.15, 0.2) is 0 Å². The minimum atomic E-state index is -1.02. The summed E-state index contributed by atoms with van der Waals surface area (Å²) in [6.07, 6.45) is -0.326. The van der Waals surface area contributed by atoms with E-state index in [9.17, 15) is 19.5 Å². The van der Waals surface area contributed by atoms with E-state index in [0.717, 1.165) is 5.56 Å². The van der Waals surface area contributed by atoms with Crippen molar-refractivity contribution in [2.45, 2.75) is 30.4 Å². The molecular weight excluding hydrogens is 348 g/mol. The molecule has 2 saturated heterocycles. The molecule has 2 heterocycles. The van der Waals surface area contributed by atoms with E-state index in [4.69, 9.17) is 11.6 Å². The van der Waals surface area contributed by atoms with Crippen LogP contribution in [-0.2, 0) is 9.59 Å². The van der Waals surface area contributed by atoms with E-state index in [1.54, 1.807) is 0 Å². The number of para-hydroxylation sites is 1. The Morgan fingerprint density at radius 3 is 2.76 bits per heavy atom. The van der Waals surface area contributed by atoms with Crippen LogP contribution in [0.25, 0.3) is 0 Å². The molecule has 3 unspecified atom stereocenters. The average molecular weight is 367 g/mol. The molecule has 0 aromatic heterocycles. The van der Waals surface area contributed by atoms with Crippen molar-refractivity contribution in [1.82, 2.24) is 15.5 Å². The highest BCUT2D eigenvalue weighted by Gasteiger charge is 2.32. The van der Waals surface area contributed by atoms with Crippen molar-refractivity contribution in [3.05, 3.63) is 29.8 Å². The lowest BCUT2D eigenvalue weighted by Gasteiger charge is -2.36. The zero-order valence-electron chi connectivity index (χ0n) is 13.4. The molecule has 0 radical (unpaired) electrons. The number of nitrogens with one attached hydrogen (secondary N) is 3. The predicted molar refractivity (Wildman–Crippen MR) is 91.4 cm³/mol. The first kappa shape index (κ1) is 17.5. The van der Waals surface area contributed by atoms with Gasteiger partial charge in [-0.15, -0.1) is 11.6 Å². The first-order valence-electron chi connectivity index (χ1n) is 8.01. The molecule has 1 aromatic rings. The maximum absolute atomic E-state index is 12.0. The van der Waals surface area contributed by atoms with Gasteiger partial charge in [-0.05, 0) is 18.1 Å². The molecular formula is C16H19ClN4O4. The zero-order valence-corrected chi connectivity index (χ0v) is 14.1. The first-order valence-corrected chi connectivity index (χ1v) is 8.45. The highest BCUT2D eigenvalue weighted by molar-refractivity contribution is 6.20. The van der Waals surface area contributed by atoms with Crippen molar-refractivity contribution in [1.29, 1.82) is 0 Å². The van der Waals surface area contributed by atoms with Crippen LogP contribution in [0.5, 0.6) is 0 Å². The van der Waals surface area contributed by atoms with Gasteiger partial charge in [-0.3, -0.25) is 20.2 Å². The number of rotatable bonds is 3. The Kier molecular flexibility index (Phi) is 5.10. The van der Waals surface area contributed by atoms with Gasteiger partial charge >= 0.3 is 6.09 Å². The molecule has 1 aromatic carbocycles. The number of amides is 3. The summed E-state index contributed by atoms with van der Waals surface area (Å²) in [4.78, 5) is 35.8. The molecule has 8 nitrogen and oxygen atoms in total. The second-order valence-corrected chi connectivity index (χ2v) is 6.64. The van der Waals surface area contributed by atoms with Gasteiger partial charge in [-0.25, -0.2) is 4.79 Å². The predicted octanol–water partition coefficient (Wildman–Crippen LogP) is 1.09. The van der Waals surface area contributed by atoms with Crippen LogP contribution in [0.3, 0.4) is 0 Å². The second kappa shape index (κ2) is 7.28. The van der Waals surface area contributed by atoms with Gasteiger partial charge in [0.2, 0.25) is 11.8 Å². The van der Waals surface area contributed by atoms with Gasteiger partial charge in [-0.2, -0.15) is 0 Å². The fourth-order valence-corrected chi connectivity index (χ4v) is 3.43. The van der Waals surface area contributed by atoms with E-state index in [0.29, 0.717) is 12.1 Å². The van der Waals surface area contributed by atoms with Crippen LogP contribution in [0.1, 0.15) is 24.4 Å². The van der Waals surface area contributed by atoms with E-state index in [1.807, 2.05) is 24.3 Å². The summed E-state index contributed by atoms with van der Waals surface area (Å²) in [5, 5.41) is 17.9. The summed E-state index contributed by atoms with van der Waals surface area (Å²) < 4.78 is 0. The Labute approximate surface area is 149 Å². The topological polar surface area (TPSA) is 111 Å². The highest BCUT2D eigenvalue weighted by atomic mass is 35.5. The number of nitrogens with zero attached hydrogens (tertiary/aromatic N) is 1. The Balaban J connectivity index is 1.80. The number of hydrogen-bond donors (Lipinski definition) is 4. The molecule has 3 rings (SSSR count). The molecule has 25 heavy (non-hydrogen) atoms. The van der Waals surface area contributed by atoms with Crippen LogP contribution < -0.4 is 16.0 Å². The molecule has 2 aliphatic heterocycles. The van der Waals surface area contributed by atoms with Crippen molar-refractivity contribution in [2.75, 3.05) is 18.4 Å². The van der Waals surface area contributed by atoms with Gasteiger partial charge in [0.25, 0.3) is 0 Å². The number of anilines is 1. The number of benzene rings is 1. The average Bonchev–Trinajstić information content (AvgIpc) is 2.57. The van der Waals surface area contributed by atoms with Crippen LogP contribution >= 0.6 is 11.6 Å². The standard InChI is InChI=1S/C16H19ClN4O4/c17-13-8-21(16(24)25)7-12(19-13)9-3-1-2-4-10(9)18-11-5-6-14(22)20-15(11)23/h1-4,11-13,18-19H,5-8H2,(H,24,25)(H,20,22,23). The first-order chi connectivity index (χ1) is 11.9. The Morgan fingerprint density at radius 1 is 1.28 bits per heavy atom. The second-order valence-electron chi connectivity index (χ2n) is 6.11. The van der Waals surface area contributed by atoms with Gasteiger partial charge in [0.1, 0.15) is 11.5 Å². The summed E-state index contributed by atoms with van der Waals surface area (Å²) in [5.41, 5.74) is 1.04. The fourth-order valence-electron chi connectivity index (χ4n) is 3.11. The molecule has 0 aliphatic carbocycles. The lowest BCUT2D eigenvalue weighted by Crippen LogP contribution is -2.52. The maximum atomic E-state index is 12.0. The third-order valence-corrected chi connectivity index (χ3v) is 4.61. The number of carbonyl (C=O) groups excluding carboxylic acids is 2. The Morgan fingerprint density at radius 2 is 2.04 bits per heavy atom. The number of halogens is 1. The zero-order chi connectivity index (χ0) is 18.0. The Bertz CT molecular complexity index is 698. The monoisotopic (exact) mass is 366 g/mol. The highest BCUT2D eigenvalue weighted by Crippen LogP contribution is 2.28. The summed E-state index contributed by atoms with van der Waals surface area (Å²) >= 11 is 6.15. The molecule has 4 N–H and O–H groups in total. The number of carboxylic acid groups (broad SMARTS) is 1. The molecule has 0 bridgehead atoms. The summed E-state index contributed by atoms with van der Waals surface area (Å²) in [5.74, 6) is -0.627.